The topological polar surface area (TPSA) is 67.6 Å². The molecule has 21 heavy (non-hydrogen) atoms. The first-order valence-corrected chi connectivity index (χ1v) is 7.11. The fraction of sp³-hybridized carbons (Fsp3) is 0.562. The molecule has 5 heteroatoms. The molecule has 1 aromatic rings. The Kier molecular flexibility index (Phi) is 6.03. The van der Waals surface area contributed by atoms with Crippen LogP contribution in [0.1, 0.15) is 30.6 Å². The molecule has 1 rings (SSSR count). The number of hydrogen-bond acceptors (Lipinski definition) is 4. The molecule has 118 valence electrons. The standard InChI is InChI=1S/C16H27N3O2/c1-16(2,8-9-21-5)11-18-14-10-12(6-7-13(14)17)15(20)19(3)4/h6-7,10,18H,8-9,11,17H2,1-5H3. The summed E-state index contributed by atoms with van der Waals surface area (Å²) in [4.78, 5) is 13.5. The van der Waals surface area contributed by atoms with E-state index in [1.54, 1.807) is 38.2 Å². The van der Waals surface area contributed by atoms with Gasteiger partial charge in [0.2, 0.25) is 0 Å². The molecule has 0 aliphatic rings. The number of nitrogens with zero attached hydrogens (tertiary/aromatic N) is 1. The number of carbonyl (C=O) groups excluding carboxylic acids is 1. The highest BCUT2D eigenvalue weighted by molar-refractivity contribution is 5.95. The van der Waals surface area contributed by atoms with Crippen molar-refractivity contribution in [1.82, 2.24) is 4.90 Å². The Labute approximate surface area is 127 Å². The summed E-state index contributed by atoms with van der Waals surface area (Å²) in [5.74, 6) is -0.0308. The van der Waals surface area contributed by atoms with Crippen LogP contribution < -0.4 is 11.1 Å². The Morgan fingerprint density at radius 3 is 2.62 bits per heavy atom. The van der Waals surface area contributed by atoms with Crippen LogP contribution in [0.5, 0.6) is 0 Å². The van der Waals surface area contributed by atoms with Crippen molar-refractivity contribution in [3.8, 4) is 0 Å². The van der Waals surface area contributed by atoms with E-state index in [9.17, 15) is 4.79 Å². The highest BCUT2D eigenvalue weighted by Gasteiger charge is 2.18. The monoisotopic (exact) mass is 293 g/mol. The Balaban J connectivity index is 2.79. The Morgan fingerprint density at radius 1 is 1.38 bits per heavy atom. The molecule has 0 unspecified atom stereocenters. The zero-order valence-electron chi connectivity index (χ0n) is 13.7. The summed E-state index contributed by atoms with van der Waals surface area (Å²) in [6.07, 6.45) is 0.951. The van der Waals surface area contributed by atoms with E-state index in [1.807, 2.05) is 6.07 Å². The van der Waals surface area contributed by atoms with Crippen LogP contribution in [0.3, 0.4) is 0 Å². The van der Waals surface area contributed by atoms with E-state index in [0.29, 0.717) is 11.3 Å². The van der Waals surface area contributed by atoms with Crippen LogP contribution in [-0.4, -0.2) is 45.2 Å². The average Bonchev–Trinajstić information content (AvgIpc) is 2.43. The maximum Gasteiger partial charge on any atom is 0.253 e. The minimum absolute atomic E-state index is 0.0308. The molecule has 0 saturated carbocycles. The van der Waals surface area contributed by atoms with Gasteiger partial charge in [0, 0.05) is 39.9 Å². The second kappa shape index (κ2) is 7.31. The van der Waals surface area contributed by atoms with Crippen LogP contribution >= 0.6 is 0 Å². The van der Waals surface area contributed by atoms with Crippen molar-refractivity contribution >= 4 is 17.3 Å². The van der Waals surface area contributed by atoms with Crippen molar-refractivity contribution in [2.75, 3.05) is 45.4 Å². The van der Waals surface area contributed by atoms with Crippen LogP contribution in [0.2, 0.25) is 0 Å². The molecule has 0 saturated heterocycles. The lowest BCUT2D eigenvalue weighted by molar-refractivity contribution is 0.0827. The lowest BCUT2D eigenvalue weighted by Crippen LogP contribution is -2.25. The third-order valence-corrected chi connectivity index (χ3v) is 3.45. The van der Waals surface area contributed by atoms with Crippen molar-refractivity contribution in [1.29, 1.82) is 0 Å². The van der Waals surface area contributed by atoms with Gasteiger partial charge in [-0.1, -0.05) is 13.8 Å². The molecule has 0 fully saturated rings. The summed E-state index contributed by atoms with van der Waals surface area (Å²) in [6, 6.07) is 5.32. The fourth-order valence-electron chi connectivity index (χ4n) is 1.90. The van der Waals surface area contributed by atoms with E-state index in [1.165, 1.54) is 0 Å². The molecular formula is C16H27N3O2. The maximum atomic E-state index is 12.0. The SMILES string of the molecule is COCCC(C)(C)CNc1cc(C(=O)N(C)C)ccc1N. The molecule has 0 spiro atoms. The summed E-state index contributed by atoms with van der Waals surface area (Å²) in [7, 11) is 5.18. The van der Waals surface area contributed by atoms with Gasteiger partial charge < -0.3 is 20.7 Å². The minimum Gasteiger partial charge on any atom is -0.397 e. The zero-order chi connectivity index (χ0) is 16.0. The minimum atomic E-state index is -0.0308. The van der Waals surface area contributed by atoms with Gasteiger partial charge in [0.15, 0.2) is 0 Å². The molecule has 3 N–H and O–H groups in total. The van der Waals surface area contributed by atoms with E-state index in [0.717, 1.165) is 25.3 Å². The summed E-state index contributed by atoms with van der Waals surface area (Å²) in [5.41, 5.74) is 8.15. The number of ether oxygens (including phenoxy) is 1. The highest BCUT2D eigenvalue weighted by atomic mass is 16.5. The van der Waals surface area contributed by atoms with E-state index in [2.05, 4.69) is 19.2 Å². The molecule has 5 nitrogen and oxygen atoms in total. The van der Waals surface area contributed by atoms with E-state index >= 15 is 0 Å². The maximum absolute atomic E-state index is 12.0. The Hall–Kier alpha value is -1.75. The van der Waals surface area contributed by atoms with Crippen LogP contribution in [-0.2, 0) is 4.74 Å². The number of nitrogens with one attached hydrogen (secondary N) is 1. The molecule has 0 radical (unpaired) electrons. The zero-order valence-corrected chi connectivity index (χ0v) is 13.7. The molecule has 0 heterocycles. The van der Waals surface area contributed by atoms with Gasteiger partial charge in [-0.3, -0.25) is 4.79 Å². The Morgan fingerprint density at radius 2 is 2.05 bits per heavy atom. The summed E-state index contributed by atoms with van der Waals surface area (Å²) in [6.45, 7) is 5.83. The first-order valence-electron chi connectivity index (χ1n) is 7.11. The van der Waals surface area contributed by atoms with E-state index < -0.39 is 0 Å². The largest absolute Gasteiger partial charge is 0.397 e. The molecule has 0 aromatic heterocycles. The van der Waals surface area contributed by atoms with Gasteiger partial charge in [-0.15, -0.1) is 0 Å². The van der Waals surface area contributed by atoms with Crippen molar-refractivity contribution in [3.63, 3.8) is 0 Å². The van der Waals surface area contributed by atoms with Gasteiger partial charge in [-0.25, -0.2) is 0 Å². The third-order valence-electron chi connectivity index (χ3n) is 3.45. The number of nitrogen functional groups attached to an aromatic ring is 1. The molecule has 0 aliphatic heterocycles. The number of amides is 1. The van der Waals surface area contributed by atoms with Gasteiger partial charge in [-0.05, 0) is 30.0 Å². The van der Waals surface area contributed by atoms with Crippen molar-refractivity contribution in [2.45, 2.75) is 20.3 Å². The lowest BCUT2D eigenvalue weighted by Gasteiger charge is -2.25. The van der Waals surface area contributed by atoms with E-state index in [-0.39, 0.29) is 11.3 Å². The number of rotatable bonds is 7. The van der Waals surface area contributed by atoms with Crippen LogP contribution in [0.25, 0.3) is 0 Å². The Bertz CT molecular complexity index is 484. The van der Waals surface area contributed by atoms with Gasteiger partial charge in [0.05, 0.1) is 11.4 Å². The lowest BCUT2D eigenvalue weighted by atomic mass is 9.89. The fourth-order valence-corrected chi connectivity index (χ4v) is 1.90. The summed E-state index contributed by atoms with van der Waals surface area (Å²) < 4.78 is 5.13. The highest BCUT2D eigenvalue weighted by Crippen LogP contribution is 2.25. The first kappa shape index (κ1) is 17.3. The van der Waals surface area contributed by atoms with Crippen molar-refractivity contribution in [3.05, 3.63) is 23.8 Å². The van der Waals surface area contributed by atoms with Crippen LogP contribution in [0.4, 0.5) is 11.4 Å². The quantitative estimate of drug-likeness (QED) is 0.758. The molecule has 1 amide bonds. The number of benzene rings is 1. The van der Waals surface area contributed by atoms with Gasteiger partial charge >= 0.3 is 0 Å². The van der Waals surface area contributed by atoms with Crippen LogP contribution in [0, 0.1) is 5.41 Å². The predicted molar refractivity (Wildman–Crippen MR) is 87.6 cm³/mol. The van der Waals surface area contributed by atoms with E-state index in [4.69, 9.17) is 10.5 Å². The van der Waals surface area contributed by atoms with Gasteiger partial charge in [0.25, 0.3) is 5.91 Å². The second-order valence-electron chi connectivity index (χ2n) is 6.26. The predicted octanol–water partition coefficient (Wildman–Crippen LogP) is 2.45. The van der Waals surface area contributed by atoms with Crippen LogP contribution in [0.15, 0.2) is 18.2 Å². The van der Waals surface area contributed by atoms with Crippen molar-refractivity contribution in [2.24, 2.45) is 5.41 Å². The molecular weight excluding hydrogens is 266 g/mol. The number of carbonyl (C=O) groups is 1. The molecule has 0 atom stereocenters. The molecule has 0 bridgehead atoms. The smallest absolute Gasteiger partial charge is 0.253 e. The summed E-state index contributed by atoms with van der Waals surface area (Å²) in [5, 5.41) is 3.35. The average molecular weight is 293 g/mol. The van der Waals surface area contributed by atoms with Crippen molar-refractivity contribution < 1.29 is 9.53 Å². The first-order chi connectivity index (χ1) is 9.76. The molecule has 1 aromatic carbocycles. The number of methoxy groups -OCH3 is 1. The molecule has 0 aliphatic carbocycles. The third kappa shape index (κ3) is 5.27. The number of hydrogen-bond donors (Lipinski definition) is 2. The summed E-state index contributed by atoms with van der Waals surface area (Å²) >= 11 is 0. The van der Waals surface area contributed by atoms with Gasteiger partial charge in [0.1, 0.15) is 0 Å². The number of anilines is 2. The second-order valence-corrected chi connectivity index (χ2v) is 6.26. The number of nitrogens with two attached hydrogens (primary N) is 1. The normalized spacial score (nSPS) is 11.3. The van der Waals surface area contributed by atoms with Gasteiger partial charge in [-0.2, -0.15) is 0 Å².